The predicted molar refractivity (Wildman–Crippen MR) is 77.2 cm³/mol. The minimum atomic E-state index is -3.82. The number of nitrogens with two attached hydrogens (primary N) is 1. The van der Waals surface area contributed by atoms with Crippen molar-refractivity contribution in [2.75, 3.05) is 7.05 Å². The normalized spacial score (nSPS) is 11.8. The number of rotatable bonds is 5. The zero-order valence-corrected chi connectivity index (χ0v) is 12.3. The third-order valence-corrected chi connectivity index (χ3v) is 4.98. The van der Waals surface area contributed by atoms with Gasteiger partial charge in [-0.15, -0.1) is 0 Å². The smallest absolute Gasteiger partial charge is 0.243 e. The molecule has 2 aromatic rings. The highest BCUT2D eigenvalue weighted by molar-refractivity contribution is 7.89. The van der Waals surface area contributed by atoms with Gasteiger partial charge in [0.25, 0.3) is 0 Å². The molecule has 2 N–H and O–H groups in total. The summed E-state index contributed by atoms with van der Waals surface area (Å²) in [7, 11) is -2.38. The quantitative estimate of drug-likeness (QED) is 0.908. The molecule has 0 fully saturated rings. The molecule has 1 heterocycles. The van der Waals surface area contributed by atoms with Crippen LogP contribution in [0.2, 0.25) is 0 Å². The molecule has 7 heteroatoms. The number of hydrogen-bond acceptors (Lipinski definition) is 4. The summed E-state index contributed by atoms with van der Waals surface area (Å²) in [5.41, 5.74) is 6.21. The van der Waals surface area contributed by atoms with Crippen molar-refractivity contribution in [2.45, 2.75) is 18.0 Å². The van der Waals surface area contributed by atoms with Gasteiger partial charge in [0.1, 0.15) is 5.82 Å². The van der Waals surface area contributed by atoms with Gasteiger partial charge in [0.2, 0.25) is 10.0 Å². The van der Waals surface area contributed by atoms with Crippen LogP contribution in [-0.4, -0.2) is 24.8 Å². The first-order valence-electron chi connectivity index (χ1n) is 6.29. The number of pyridine rings is 1. The van der Waals surface area contributed by atoms with Crippen molar-refractivity contribution >= 4 is 10.0 Å². The molecule has 5 nitrogen and oxygen atoms in total. The lowest BCUT2D eigenvalue weighted by Crippen LogP contribution is -2.28. The third-order valence-electron chi connectivity index (χ3n) is 3.10. The number of benzene rings is 1. The lowest BCUT2D eigenvalue weighted by Gasteiger charge is -2.19. The number of sulfonamides is 1. The minimum Gasteiger partial charge on any atom is -0.326 e. The fourth-order valence-corrected chi connectivity index (χ4v) is 3.38. The first-order chi connectivity index (χ1) is 9.96. The summed E-state index contributed by atoms with van der Waals surface area (Å²) in [5.74, 6) is -0.617. The average molecular weight is 309 g/mol. The van der Waals surface area contributed by atoms with Crippen LogP contribution >= 0.6 is 0 Å². The van der Waals surface area contributed by atoms with Crippen molar-refractivity contribution in [3.8, 4) is 0 Å². The Morgan fingerprint density at radius 1 is 1.29 bits per heavy atom. The minimum absolute atomic E-state index is 0.00413. The summed E-state index contributed by atoms with van der Waals surface area (Å²) in [4.78, 5) is 3.84. The molecule has 0 aliphatic heterocycles. The molecule has 0 atom stereocenters. The van der Waals surface area contributed by atoms with Gasteiger partial charge >= 0.3 is 0 Å². The van der Waals surface area contributed by atoms with Crippen LogP contribution in [0.25, 0.3) is 0 Å². The maximum Gasteiger partial charge on any atom is 0.243 e. The van der Waals surface area contributed by atoms with Gasteiger partial charge in [-0.1, -0.05) is 12.1 Å². The Bertz CT molecular complexity index is 720. The Kier molecular flexibility index (Phi) is 4.66. The Labute approximate surface area is 123 Å². The van der Waals surface area contributed by atoms with Gasteiger partial charge in [0.05, 0.1) is 4.90 Å². The molecule has 2 rings (SSSR count). The maximum atomic E-state index is 13.7. The summed E-state index contributed by atoms with van der Waals surface area (Å²) in [6, 6.07) is 7.42. The predicted octanol–water partition coefficient (Wildman–Crippen LogP) is 1.50. The molecule has 0 radical (unpaired) electrons. The zero-order chi connectivity index (χ0) is 15.5. The summed E-state index contributed by atoms with van der Waals surface area (Å²) in [5, 5.41) is 0. The summed E-state index contributed by atoms with van der Waals surface area (Å²) >= 11 is 0. The first-order valence-corrected chi connectivity index (χ1v) is 7.73. The second kappa shape index (κ2) is 6.30. The molecule has 112 valence electrons. The molecule has 0 aliphatic carbocycles. The molecule has 21 heavy (non-hydrogen) atoms. The van der Waals surface area contributed by atoms with Gasteiger partial charge in [-0.05, 0) is 23.8 Å². The van der Waals surface area contributed by atoms with Gasteiger partial charge in [-0.3, -0.25) is 4.98 Å². The van der Waals surface area contributed by atoms with E-state index in [9.17, 15) is 12.8 Å². The van der Waals surface area contributed by atoms with Crippen LogP contribution in [0.15, 0.2) is 47.6 Å². The molecule has 0 spiro atoms. The van der Waals surface area contributed by atoms with Gasteiger partial charge < -0.3 is 5.73 Å². The van der Waals surface area contributed by atoms with Crippen LogP contribution in [0, 0.1) is 5.82 Å². The molecule has 0 aliphatic rings. The number of hydrogen-bond donors (Lipinski definition) is 1. The molecule has 0 saturated carbocycles. The fourth-order valence-electron chi connectivity index (χ4n) is 1.98. The van der Waals surface area contributed by atoms with E-state index in [1.165, 1.54) is 25.2 Å². The molecule has 0 saturated heterocycles. The van der Waals surface area contributed by atoms with E-state index in [-0.39, 0.29) is 23.5 Å². The van der Waals surface area contributed by atoms with Crippen LogP contribution < -0.4 is 5.73 Å². The highest BCUT2D eigenvalue weighted by Crippen LogP contribution is 2.22. The topological polar surface area (TPSA) is 76.3 Å². The summed E-state index contributed by atoms with van der Waals surface area (Å²) < 4.78 is 40.0. The van der Waals surface area contributed by atoms with Crippen molar-refractivity contribution in [2.24, 2.45) is 5.73 Å². The van der Waals surface area contributed by atoms with E-state index < -0.39 is 15.8 Å². The maximum absolute atomic E-state index is 13.7. The number of aromatic nitrogens is 1. The first kappa shape index (κ1) is 15.6. The average Bonchev–Trinajstić information content (AvgIpc) is 2.48. The fraction of sp³-hybridized carbons (Fsp3) is 0.214. The number of halogens is 1. The van der Waals surface area contributed by atoms with Crippen molar-refractivity contribution in [1.82, 2.24) is 9.29 Å². The summed E-state index contributed by atoms with van der Waals surface area (Å²) in [6.45, 7) is -0.0291. The molecule has 0 bridgehead atoms. The molecule has 0 amide bonds. The van der Waals surface area contributed by atoms with E-state index in [2.05, 4.69) is 4.98 Å². The van der Waals surface area contributed by atoms with Crippen molar-refractivity contribution in [1.29, 1.82) is 0 Å². The molecule has 1 aromatic heterocycles. The van der Waals surface area contributed by atoms with Crippen LogP contribution in [0.3, 0.4) is 0 Å². The van der Waals surface area contributed by atoms with Gasteiger partial charge in [0, 0.05) is 38.1 Å². The Morgan fingerprint density at radius 2 is 2.05 bits per heavy atom. The van der Waals surface area contributed by atoms with Crippen LogP contribution in [-0.2, 0) is 23.1 Å². The van der Waals surface area contributed by atoms with E-state index in [4.69, 9.17) is 5.73 Å². The van der Waals surface area contributed by atoms with Crippen LogP contribution in [0.4, 0.5) is 4.39 Å². The van der Waals surface area contributed by atoms with E-state index in [1.54, 1.807) is 24.5 Å². The SMILES string of the molecule is CN(Cc1cccnc1)S(=O)(=O)c1cccc(F)c1CN. The van der Waals surface area contributed by atoms with Crippen LogP contribution in [0.5, 0.6) is 0 Å². The van der Waals surface area contributed by atoms with E-state index in [0.29, 0.717) is 0 Å². The molecule has 1 aromatic carbocycles. The van der Waals surface area contributed by atoms with E-state index >= 15 is 0 Å². The second-order valence-electron chi connectivity index (χ2n) is 4.54. The summed E-state index contributed by atoms with van der Waals surface area (Å²) in [6.07, 6.45) is 3.19. The number of nitrogens with zero attached hydrogens (tertiary/aromatic N) is 2. The van der Waals surface area contributed by atoms with Crippen molar-refractivity contribution in [3.63, 3.8) is 0 Å². The van der Waals surface area contributed by atoms with E-state index in [1.807, 2.05) is 0 Å². The van der Waals surface area contributed by atoms with Crippen molar-refractivity contribution < 1.29 is 12.8 Å². The molecule has 0 unspecified atom stereocenters. The monoisotopic (exact) mass is 309 g/mol. The van der Waals surface area contributed by atoms with Gasteiger partial charge in [-0.25, -0.2) is 12.8 Å². The second-order valence-corrected chi connectivity index (χ2v) is 6.56. The standard InChI is InChI=1S/C14H16FN3O2S/c1-18(10-11-4-3-7-17-9-11)21(19,20)14-6-2-5-13(15)12(14)8-16/h2-7,9H,8,10,16H2,1H3. The van der Waals surface area contributed by atoms with Crippen LogP contribution in [0.1, 0.15) is 11.1 Å². The Morgan fingerprint density at radius 3 is 2.67 bits per heavy atom. The van der Waals surface area contributed by atoms with Gasteiger partial charge in [-0.2, -0.15) is 4.31 Å². The lowest BCUT2D eigenvalue weighted by molar-refractivity contribution is 0.464. The zero-order valence-electron chi connectivity index (χ0n) is 11.5. The van der Waals surface area contributed by atoms with Crippen molar-refractivity contribution in [3.05, 3.63) is 59.7 Å². The third kappa shape index (κ3) is 3.26. The highest BCUT2D eigenvalue weighted by Gasteiger charge is 2.25. The Balaban J connectivity index is 2.36. The molecular weight excluding hydrogens is 293 g/mol. The Hall–Kier alpha value is -1.83. The van der Waals surface area contributed by atoms with Gasteiger partial charge in [0.15, 0.2) is 0 Å². The highest BCUT2D eigenvalue weighted by atomic mass is 32.2. The van der Waals surface area contributed by atoms with E-state index in [0.717, 1.165) is 9.87 Å². The largest absolute Gasteiger partial charge is 0.326 e. The molecular formula is C14H16FN3O2S. The lowest BCUT2D eigenvalue weighted by atomic mass is 10.2.